The highest BCUT2D eigenvalue weighted by molar-refractivity contribution is 6.05. The van der Waals surface area contributed by atoms with E-state index in [1.165, 1.54) is 19.3 Å². The van der Waals surface area contributed by atoms with Gasteiger partial charge < -0.3 is 15.5 Å². The van der Waals surface area contributed by atoms with Crippen molar-refractivity contribution in [1.82, 2.24) is 10.2 Å². The van der Waals surface area contributed by atoms with Crippen molar-refractivity contribution < 1.29 is 9.59 Å². The maximum Gasteiger partial charge on any atom is 0.255 e. The molecule has 1 heterocycles. The Labute approximate surface area is 160 Å². The topological polar surface area (TPSA) is 61.4 Å². The average molecular weight is 365 g/mol. The lowest BCUT2D eigenvalue weighted by atomic mass is 10.1. The molecule has 3 rings (SSSR count). The molecule has 0 atom stereocenters. The van der Waals surface area contributed by atoms with Gasteiger partial charge in [-0.15, -0.1) is 0 Å². The van der Waals surface area contributed by atoms with E-state index in [1.807, 2.05) is 31.2 Å². The van der Waals surface area contributed by atoms with Crippen molar-refractivity contribution in [2.24, 2.45) is 0 Å². The number of rotatable bonds is 6. The molecule has 0 spiro atoms. The monoisotopic (exact) mass is 365 g/mol. The first-order chi connectivity index (χ1) is 13.1. The van der Waals surface area contributed by atoms with Crippen molar-refractivity contribution in [3.63, 3.8) is 0 Å². The summed E-state index contributed by atoms with van der Waals surface area (Å²) in [6.07, 6.45) is 3.80. The van der Waals surface area contributed by atoms with Crippen molar-refractivity contribution in [3.8, 4) is 0 Å². The summed E-state index contributed by atoms with van der Waals surface area (Å²) in [4.78, 5) is 27.2. The maximum absolute atomic E-state index is 12.5. The summed E-state index contributed by atoms with van der Waals surface area (Å²) in [7, 11) is 0. The smallest absolute Gasteiger partial charge is 0.255 e. The van der Waals surface area contributed by atoms with Gasteiger partial charge in [0, 0.05) is 29.9 Å². The highest BCUT2D eigenvalue weighted by atomic mass is 16.2. The van der Waals surface area contributed by atoms with Crippen molar-refractivity contribution in [2.45, 2.75) is 26.2 Å². The molecule has 5 nitrogen and oxygen atoms in total. The van der Waals surface area contributed by atoms with Gasteiger partial charge in [0.05, 0.1) is 0 Å². The number of carbonyl (C=O) groups is 2. The minimum atomic E-state index is -0.179. The van der Waals surface area contributed by atoms with E-state index < -0.39 is 0 Å². The first kappa shape index (κ1) is 19.1. The van der Waals surface area contributed by atoms with Gasteiger partial charge in [-0.2, -0.15) is 0 Å². The third-order valence-electron chi connectivity index (χ3n) is 4.95. The lowest BCUT2D eigenvalue weighted by Crippen LogP contribution is -2.37. The van der Waals surface area contributed by atoms with Crippen LogP contribution in [-0.4, -0.2) is 42.9 Å². The number of nitrogens with zero attached hydrogens (tertiary/aromatic N) is 1. The second-order valence-corrected chi connectivity index (χ2v) is 7.01. The molecule has 5 heteroatoms. The van der Waals surface area contributed by atoms with Gasteiger partial charge >= 0.3 is 0 Å². The molecule has 0 unspecified atom stereocenters. The molecule has 142 valence electrons. The zero-order chi connectivity index (χ0) is 19.1. The molecule has 0 bridgehead atoms. The normalized spacial score (nSPS) is 14.6. The number of carbonyl (C=O) groups excluding carboxylic acids is 2. The van der Waals surface area contributed by atoms with E-state index in [1.54, 1.807) is 24.3 Å². The Kier molecular flexibility index (Phi) is 6.60. The SMILES string of the molecule is Cc1ccc(C(=O)NCCN2CCCCC2)cc1NC(=O)c1ccccc1. The van der Waals surface area contributed by atoms with Crippen LogP contribution in [0.4, 0.5) is 5.69 Å². The van der Waals surface area contributed by atoms with Gasteiger partial charge in [0.1, 0.15) is 0 Å². The highest BCUT2D eigenvalue weighted by Gasteiger charge is 2.13. The second-order valence-electron chi connectivity index (χ2n) is 7.01. The van der Waals surface area contributed by atoms with Gasteiger partial charge in [0.25, 0.3) is 11.8 Å². The molecule has 1 saturated heterocycles. The van der Waals surface area contributed by atoms with Crippen LogP contribution in [0.2, 0.25) is 0 Å². The van der Waals surface area contributed by atoms with Crippen LogP contribution in [0, 0.1) is 6.92 Å². The molecule has 1 aliphatic heterocycles. The van der Waals surface area contributed by atoms with Crippen LogP contribution < -0.4 is 10.6 Å². The molecular formula is C22H27N3O2. The fourth-order valence-corrected chi connectivity index (χ4v) is 3.29. The lowest BCUT2D eigenvalue weighted by Gasteiger charge is -2.26. The van der Waals surface area contributed by atoms with E-state index in [0.717, 1.165) is 25.2 Å². The summed E-state index contributed by atoms with van der Waals surface area (Å²) in [6, 6.07) is 14.5. The first-order valence-electron chi connectivity index (χ1n) is 9.61. The van der Waals surface area contributed by atoms with Gasteiger partial charge in [-0.1, -0.05) is 30.7 Å². The number of nitrogens with one attached hydrogen (secondary N) is 2. The van der Waals surface area contributed by atoms with Crippen molar-refractivity contribution in [1.29, 1.82) is 0 Å². The second kappa shape index (κ2) is 9.33. The van der Waals surface area contributed by atoms with E-state index in [4.69, 9.17) is 0 Å². The van der Waals surface area contributed by atoms with Gasteiger partial charge in [0.2, 0.25) is 0 Å². The Morgan fingerprint density at radius 1 is 0.926 bits per heavy atom. The van der Waals surface area contributed by atoms with Crippen LogP contribution in [-0.2, 0) is 0 Å². The van der Waals surface area contributed by atoms with Gasteiger partial charge in [0.15, 0.2) is 0 Å². The maximum atomic E-state index is 12.5. The summed E-state index contributed by atoms with van der Waals surface area (Å²) in [5.41, 5.74) is 2.73. The van der Waals surface area contributed by atoms with E-state index in [9.17, 15) is 9.59 Å². The van der Waals surface area contributed by atoms with E-state index in [2.05, 4.69) is 15.5 Å². The Hall–Kier alpha value is -2.66. The third kappa shape index (κ3) is 5.41. The molecule has 1 aliphatic rings. The Morgan fingerprint density at radius 3 is 2.41 bits per heavy atom. The number of likely N-dealkylation sites (tertiary alicyclic amines) is 1. The lowest BCUT2D eigenvalue weighted by molar-refractivity contribution is 0.0945. The standard InChI is InChI=1S/C22H27N3O2/c1-17-10-11-19(21(26)23-12-15-25-13-6-3-7-14-25)16-20(17)24-22(27)18-8-4-2-5-9-18/h2,4-5,8-11,16H,3,6-7,12-15H2,1H3,(H,23,26)(H,24,27). The molecule has 0 aliphatic carbocycles. The Morgan fingerprint density at radius 2 is 1.67 bits per heavy atom. The van der Waals surface area contributed by atoms with Gasteiger partial charge in [-0.05, 0) is 62.7 Å². The Balaban J connectivity index is 1.58. The molecular weight excluding hydrogens is 338 g/mol. The number of piperidine rings is 1. The number of aryl methyl sites for hydroxylation is 1. The van der Waals surface area contributed by atoms with Gasteiger partial charge in [-0.3, -0.25) is 9.59 Å². The number of anilines is 1. The minimum absolute atomic E-state index is 0.109. The van der Waals surface area contributed by atoms with Crippen molar-refractivity contribution >= 4 is 17.5 Å². The number of hydrogen-bond donors (Lipinski definition) is 2. The molecule has 2 N–H and O–H groups in total. The van der Waals surface area contributed by atoms with Crippen LogP contribution in [0.15, 0.2) is 48.5 Å². The third-order valence-corrected chi connectivity index (χ3v) is 4.95. The van der Waals surface area contributed by atoms with Crippen LogP contribution in [0.5, 0.6) is 0 Å². The summed E-state index contributed by atoms with van der Waals surface area (Å²) in [5.74, 6) is -0.288. The average Bonchev–Trinajstić information content (AvgIpc) is 2.71. The predicted molar refractivity (Wildman–Crippen MR) is 108 cm³/mol. The fourth-order valence-electron chi connectivity index (χ4n) is 3.29. The molecule has 1 fully saturated rings. The number of amides is 2. The zero-order valence-electron chi connectivity index (χ0n) is 15.8. The molecule has 2 aromatic rings. The summed E-state index contributed by atoms with van der Waals surface area (Å²) in [6.45, 7) is 5.68. The fraction of sp³-hybridized carbons (Fsp3) is 0.364. The van der Waals surface area contributed by atoms with Gasteiger partial charge in [-0.25, -0.2) is 0 Å². The summed E-state index contributed by atoms with van der Waals surface area (Å²) >= 11 is 0. The summed E-state index contributed by atoms with van der Waals surface area (Å²) < 4.78 is 0. The van der Waals surface area contributed by atoms with Crippen LogP contribution in [0.25, 0.3) is 0 Å². The van der Waals surface area contributed by atoms with Crippen LogP contribution in [0.1, 0.15) is 45.5 Å². The largest absolute Gasteiger partial charge is 0.351 e. The van der Waals surface area contributed by atoms with Crippen molar-refractivity contribution in [2.75, 3.05) is 31.5 Å². The van der Waals surface area contributed by atoms with Crippen molar-refractivity contribution in [3.05, 3.63) is 65.2 Å². The van der Waals surface area contributed by atoms with E-state index in [0.29, 0.717) is 23.4 Å². The van der Waals surface area contributed by atoms with E-state index in [-0.39, 0.29) is 11.8 Å². The number of hydrogen-bond acceptors (Lipinski definition) is 3. The summed E-state index contributed by atoms with van der Waals surface area (Å²) in [5, 5.41) is 5.89. The molecule has 2 amide bonds. The predicted octanol–water partition coefficient (Wildman–Crippen LogP) is 3.46. The molecule has 0 radical (unpaired) electrons. The first-order valence-corrected chi connectivity index (χ1v) is 9.61. The zero-order valence-corrected chi connectivity index (χ0v) is 15.8. The Bertz CT molecular complexity index is 783. The highest BCUT2D eigenvalue weighted by Crippen LogP contribution is 2.18. The molecule has 2 aromatic carbocycles. The minimum Gasteiger partial charge on any atom is -0.351 e. The van der Waals surface area contributed by atoms with Crippen LogP contribution in [0.3, 0.4) is 0 Å². The van der Waals surface area contributed by atoms with Crippen LogP contribution >= 0.6 is 0 Å². The quantitative estimate of drug-likeness (QED) is 0.824. The number of benzene rings is 2. The van der Waals surface area contributed by atoms with E-state index >= 15 is 0 Å². The molecule has 0 saturated carbocycles. The molecule has 27 heavy (non-hydrogen) atoms. The molecule has 0 aromatic heterocycles.